The summed E-state index contributed by atoms with van der Waals surface area (Å²) in [6.07, 6.45) is 1.69. The minimum atomic E-state index is -0.249. The van der Waals surface area contributed by atoms with E-state index in [0.29, 0.717) is 15.3 Å². The number of fused-ring (bicyclic) bond motifs is 1. The first-order valence-corrected chi connectivity index (χ1v) is 8.11. The van der Waals surface area contributed by atoms with E-state index in [1.807, 2.05) is 29.2 Å². The number of pyridine rings is 1. The molecule has 0 saturated heterocycles. The van der Waals surface area contributed by atoms with Crippen molar-refractivity contribution in [1.82, 2.24) is 9.97 Å². The maximum atomic E-state index is 12.3. The first kappa shape index (κ1) is 15.4. The van der Waals surface area contributed by atoms with E-state index in [9.17, 15) is 4.79 Å². The van der Waals surface area contributed by atoms with Crippen LogP contribution in [0.2, 0.25) is 0 Å². The van der Waals surface area contributed by atoms with Crippen molar-refractivity contribution in [2.24, 2.45) is 0 Å². The van der Waals surface area contributed by atoms with E-state index in [4.69, 9.17) is 4.74 Å². The number of benzene rings is 1. The van der Waals surface area contributed by atoms with E-state index in [2.05, 4.69) is 23.8 Å². The Hall–Kier alpha value is -2.47. The molecule has 23 heavy (non-hydrogen) atoms. The lowest BCUT2D eigenvalue weighted by Crippen LogP contribution is -2.27. The number of aromatic nitrogens is 2. The topological polar surface area (TPSA) is 55.3 Å². The van der Waals surface area contributed by atoms with Crippen molar-refractivity contribution in [3.8, 4) is 5.75 Å². The molecule has 3 aromatic rings. The fourth-order valence-electron chi connectivity index (χ4n) is 2.37. The summed E-state index contributed by atoms with van der Waals surface area (Å²) in [5, 5.41) is 1.20. The van der Waals surface area contributed by atoms with Crippen LogP contribution in [0.1, 0.15) is 13.8 Å². The Bertz CT molecular complexity index is 875. The number of hydrogen-bond donors (Lipinski definition) is 0. The fourth-order valence-corrected chi connectivity index (χ4v) is 3.46. The maximum Gasteiger partial charge on any atom is 0.282 e. The molecule has 0 N–H and O–H groups in total. The smallest absolute Gasteiger partial charge is 0.282 e. The minimum absolute atomic E-state index is 0.146. The molecule has 2 heterocycles. The average molecular weight is 327 g/mol. The van der Waals surface area contributed by atoms with Crippen LogP contribution in [0.3, 0.4) is 0 Å². The lowest BCUT2D eigenvalue weighted by molar-refractivity contribution is 0.415. The molecule has 0 atom stereocenters. The zero-order valence-corrected chi connectivity index (χ0v) is 14.0. The molecule has 118 valence electrons. The molecule has 1 aromatic carbocycles. The summed E-state index contributed by atoms with van der Waals surface area (Å²) in [7, 11) is 1.64. The average Bonchev–Trinajstić information content (AvgIpc) is 2.55. The van der Waals surface area contributed by atoms with Crippen molar-refractivity contribution >= 4 is 32.4 Å². The van der Waals surface area contributed by atoms with Crippen LogP contribution in [0.5, 0.6) is 5.75 Å². The second-order valence-corrected chi connectivity index (χ2v) is 6.28. The van der Waals surface area contributed by atoms with Gasteiger partial charge < -0.3 is 9.64 Å². The fraction of sp³-hybridized carbons (Fsp3) is 0.235. The van der Waals surface area contributed by atoms with Crippen molar-refractivity contribution in [3.63, 3.8) is 0 Å². The zero-order valence-electron chi connectivity index (χ0n) is 13.2. The molecular weight excluding hydrogens is 310 g/mol. The van der Waals surface area contributed by atoms with Crippen molar-refractivity contribution in [3.05, 3.63) is 52.9 Å². The van der Waals surface area contributed by atoms with Gasteiger partial charge in [0.1, 0.15) is 10.6 Å². The Balaban J connectivity index is 2.12. The van der Waals surface area contributed by atoms with E-state index in [0.717, 1.165) is 11.4 Å². The summed E-state index contributed by atoms with van der Waals surface area (Å²) < 4.78 is 5.20. The first-order chi connectivity index (χ1) is 11.1. The molecule has 0 saturated carbocycles. The molecule has 0 radical (unpaired) electrons. The minimum Gasteiger partial charge on any atom is -0.497 e. The molecule has 0 fully saturated rings. The lowest BCUT2D eigenvalue weighted by Gasteiger charge is -2.27. The van der Waals surface area contributed by atoms with Gasteiger partial charge in [0.05, 0.1) is 12.5 Å². The predicted octanol–water partition coefficient (Wildman–Crippen LogP) is 3.61. The Kier molecular flexibility index (Phi) is 4.25. The number of anilines is 2. The Labute approximate surface area is 138 Å². The van der Waals surface area contributed by atoms with Gasteiger partial charge in [0.25, 0.3) is 5.56 Å². The van der Waals surface area contributed by atoms with Crippen LogP contribution in [-0.2, 0) is 0 Å². The largest absolute Gasteiger partial charge is 0.497 e. The van der Waals surface area contributed by atoms with Gasteiger partial charge in [0, 0.05) is 17.9 Å². The Morgan fingerprint density at radius 3 is 2.57 bits per heavy atom. The molecule has 0 spiro atoms. The van der Waals surface area contributed by atoms with Gasteiger partial charge in [0.15, 0.2) is 5.13 Å². The summed E-state index contributed by atoms with van der Waals surface area (Å²) >= 11 is 1.41. The number of ether oxygens (including phenoxy) is 1. The maximum absolute atomic E-state index is 12.3. The summed E-state index contributed by atoms with van der Waals surface area (Å²) in [5.74, 6) is 0.791. The third-order valence-corrected chi connectivity index (χ3v) is 4.45. The molecule has 3 rings (SSSR count). The third-order valence-electron chi connectivity index (χ3n) is 3.46. The summed E-state index contributed by atoms with van der Waals surface area (Å²) in [4.78, 5) is 23.5. The van der Waals surface area contributed by atoms with Crippen LogP contribution < -0.4 is 15.2 Å². The van der Waals surface area contributed by atoms with E-state index in [-0.39, 0.29) is 11.6 Å². The Morgan fingerprint density at radius 2 is 1.91 bits per heavy atom. The number of nitrogens with zero attached hydrogens (tertiary/aromatic N) is 3. The first-order valence-electron chi connectivity index (χ1n) is 7.29. The molecule has 0 aliphatic rings. The summed E-state index contributed by atoms with van der Waals surface area (Å²) in [6, 6.07) is 11.4. The molecule has 0 amide bonds. The zero-order chi connectivity index (χ0) is 16.4. The van der Waals surface area contributed by atoms with Crippen LogP contribution in [0.15, 0.2) is 47.4 Å². The molecular formula is C17H17N3O2S. The van der Waals surface area contributed by atoms with Crippen molar-refractivity contribution in [2.75, 3.05) is 12.0 Å². The van der Waals surface area contributed by atoms with Crippen LogP contribution >= 0.6 is 11.3 Å². The molecule has 0 aliphatic heterocycles. The Morgan fingerprint density at radius 1 is 1.17 bits per heavy atom. The van der Waals surface area contributed by atoms with Gasteiger partial charge in [-0.05, 0) is 50.2 Å². The van der Waals surface area contributed by atoms with Gasteiger partial charge in [-0.3, -0.25) is 4.79 Å². The highest BCUT2D eigenvalue weighted by molar-refractivity contribution is 7.21. The van der Waals surface area contributed by atoms with E-state index >= 15 is 0 Å². The van der Waals surface area contributed by atoms with Crippen molar-refractivity contribution in [1.29, 1.82) is 0 Å². The quantitative estimate of drug-likeness (QED) is 0.733. The lowest BCUT2D eigenvalue weighted by atomic mass is 10.2. The SMILES string of the molecule is COc1ccc(N(c2nc(=O)c3cccnc3s2)C(C)C)cc1. The molecule has 0 bridgehead atoms. The standard InChI is InChI=1S/C17H17N3O2S/c1-11(2)20(12-6-8-13(22-3)9-7-12)17-19-15(21)14-5-4-10-18-16(14)23-17/h4-11H,1-3H3. The molecule has 6 heteroatoms. The van der Waals surface area contributed by atoms with Gasteiger partial charge in [0.2, 0.25) is 0 Å². The van der Waals surface area contributed by atoms with E-state index in [1.165, 1.54) is 11.3 Å². The van der Waals surface area contributed by atoms with Gasteiger partial charge in [-0.2, -0.15) is 4.98 Å². The van der Waals surface area contributed by atoms with Crippen LogP contribution in [0.4, 0.5) is 10.8 Å². The highest BCUT2D eigenvalue weighted by atomic mass is 32.1. The van der Waals surface area contributed by atoms with Crippen LogP contribution in [0.25, 0.3) is 10.2 Å². The summed E-state index contributed by atoms with van der Waals surface area (Å²) in [6.45, 7) is 4.12. The van der Waals surface area contributed by atoms with Crippen molar-refractivity contribution < 1.29 is 4.74 Å². The van der Waals surface area contributed by atoms with Gasteiger partial charge in [-0.1, -0.05) is 11.3 Å². The number of methoxy groups -OCH3 is 1. The number of rotatable bonds is 4. The normalized spacial score (nSPS) is 11.0. The van der Waals surface area contributed by atoms with Gasteiger partial charge in [-0.25, -0.2) is 4.98 Å². The second-order valence-electron chi connectivity index (χ2n) is 5.32. The van der Waals surface area contributed by atoms with E-state index in [1.54, 1.807) is 25.4 Å². The third kappa shape index (κ3) is 3.03. The highest BCUT2D eigenvalue weighted by Gasteiger charge is 2.17. The van der Waals surface area contributed by atoms with Crippen molar-refractivity contribution in [2.45, 2.75) is 19.9 Å². The molecule has 0 unspecified atom stereocenters. The summed E-state index contributed by atoms with van der Waals surface area (Å²) in [5.41, 5.74) is 0.709. The second kappa shape index (κ2) is 6.34. The highest BCUT2D eigenvalue weighted by Crippen LogP contribution is 2.31. The van der Waals surface area contributed by atoms with E-state index < -0.39 is 0 Å². The molecule has 0 aliphatic carbocycles. The van der Waals surface area contributed by atoms with Crippen LogP contribution in [0, 0.1) is 0 Å². The monoisotopic (exact) mass is 327 g/mol. The molecule has 2 aromatic heterocycles. The van der Waals surface area contributed by atoms with Gasteiger partial charge >= 0.3 is 0 Å². The molecule has 5 nitrogen and oxygen atoms in total. The van der Waals surface area contributed by atoms with Crippen LogP contribution in [-0.4, -0.2) is 23.1 Å². The predicted molar refractivity (Wildman–Crippen MR) is 94.0 cm³/mol. The van der Waals surface area contributed by atoms with Gasteiger partial charge in [-0.15, -0.1) is 0 Å². The number of hydrogen-bond acceptors (Lipinski definition) is 6.